The maximum absolute atomic E-state index is 3.92. The zero-order chi connectivity index (χ0) is 24.6. The fourth-order valence-corrected chi connectivity index (χ4v) is 7.83. The van der Waals surface area contributed by atoms with Gasteiger partial charge >= 0.3 is 0 Å². The summed E-state index contributed by atoms with van der Waals surface area (Å²) in [6.45, 7) is 9.00. The van der Waals surface area contributed by atoms with Crippen LogP contribution in [-0.4, -0.2) is 8.07 Å². The number of hydrogen-bond acceptors (Lipinski definition) is 0. The Labute approximate surface area is 217 Å². The molecule has 0 nitrogen and oxygen atoms in total. The van der Waals surface area contributed by atoms with Crippen LogP contribution in [0.5, 0.6) is 0 Å². The van der Waals surface area contributed by atoms with E-state index in [4.69, 9.17) is 0 Å². The largest absolute Gasteiger partial charge is 0.0806 e. The molecular weight excluding hydrogens is 424 g/mol. The quantitative estimate of drug-likeness (QED) is 0.0953. The highest BCUT2D eigenvalue weighted by molar-refractivity contribution is 6.89. The minimum absolute atomic E-state index is 1.12. The van der Waals surface area contributed by atoms with E-state index in [0.29, 0.717) is 0 Å². The van der Waals surface area contributed by atoms with Gasteiger partial charge in [0.25, 0.3) is 0 Å². The summed E-state index contributed by atoms with van der Waals surface area (Å²) in [7, 11) is -1.20. The van der Waals surface area contributed by atoms with Gasteiger partial charge in [-0.1, -0.05) is 209 Å². The van der Waals surface area contributed by atoms with Crippen molar-refractivity contribution in [3.8, 4) is 0 Å². The van der Waals surface area contributed by atoms with Gasteiger partial charge in [-0.3, -0.25) is 0 Å². The topological polar surface area (TPSA) is 0 Å². The Balaban J connectivity index is 1.73. The molecule has 0 spiro atoms. The Morgan fingerprint density at radius 1 is 0.441 bits per heavy atom. The Morgan fingerprint density at radius 2 is 0.735 bits per heavy atom. The zero-order valence-electron chi connectivity index (χ0n) is 23.6. The van der Waals surface area contributed by atoms with Gasteiger partial charge in [-0.2, -0.15) is 0 Å². The van der Waals surface area contributed by atoms with Crippen molar-refractivity contribution in [2.75, 3.05) is 0 Å². The van der Waals surface area contributed by atoms with Crippen LogP contribution in [0.1, 0.15) is 148 Å². The average Bonchev–Trinajstić information content (AvgIpc) is 2.85. The minimum Gasteiger partial charge on any atom is -0.0654 e. The Kier molecular flexibility index (Phi) is 21.2. The number of unbranched alkanes of at least 4 members (excludes halogenated alkanes) is 22. The molecule has 1 radical (unpaired) electrons. The summed E-state index contributed by atoms with van der Waals surface area (Å²) in [6.07, 6.45) is 33.2. The molecule has 0 aromatic heterocycles. The van der Waals surface area contributed by atoms with E-state index in [1.54, 1.807) is 5.19 Å². The third kappa shape index (κ3) is 18.7. The molecule has 0 aliphatic heterocycles. The molecule has 0 atom stereocenters. The summed E-state index contributed by atoms with van der Waals surface area (Å²) in [4.78, 5) is 0. The maximum atomic E-state index is 3.92. The van der Waals surface area contributed by atoms with Crippen molar-refractivity contribution < 1.29 is 0 Å². The normalized spacial score (nSPS) is 11.9. The van der Waals surface area contributed by atoms with Gasteiger partial charge < -0.3 is 0 Å². The minimum atomic E-state index is -1.20. The van der Waals surface area contributed by atoms with Crippen molar-refractivity contribution in [3.05, 3.63) is 37.3 Å². The van der Waals surface area contributed by atoms with Crippen LogP contribution < -0.4 is 5.19 Å². The first-order chi connectivity index (χ1) is 16.7. The van der Waals surface area contributed by atoms with E-state index in [1.807, 2.05) is 0 Å². The second-order valence-electron chi connectivity index (χ2n) is 11.6. The van der Waals surface area contributed by atoms with Gasteiger partial charge in [0.2, 0.25) is 0 Å². The lowest BCUT2D eigenvalue weighted by atomic mass is 10.0. The van der Waals surface area contributed by atoms with Gasteiger partial charge in [0.05, 0.1) is 8.07 Å². The molecule has 0 fully saturated rings. The SMILES string of the molecule is [CH2]CCCCCCCCCCCCCCCCCCCCCCCC[Si](C)(C)c1ccccc1. The van der Waals surface area contributed by atoms with E-state index in [2.05, 4.69) is 50.3 Å². The highest BCUT2D eigenvalue weighted by Gasteiger charge is 2.21. The summed E-state index contributed by atoms with van der Waals surface area (Å²) < 4.78 is 0. The number of benzene rings is 1. The second-order valence-corrected chi connectivity index (χ2v) is 16.5. The van der Waals surface area contributed by atoms with Crippen molar-refractivity contribution in [3.63, 3.8) is 0 Å². The van der Waals surface area contributed by atoms with E-state index in [1.165, 1.54) is 147 Å². The van der Waals surface area contributed by atoms with Crippen LogP contribution >= 0.6 is 0 Å². The van der Waals surface area contributed by atoms with Crippen LogP contribution in [0.4, 0.5) is 0 Å². The van der Waals surface area contributed by atoms with Crippen LogP contribution in [0.25, 0.3) is 0 Å². The van der Waals surface area contributed by atoms with Crippen LogP contribution in [0.2, 0.25) is 19.1 Å². The summed E-state index contributed by atoms with van der Waals surface area (Å²) >= 11 is 0. The molecule has 1 rings (SSSR count). The molecule has 0 heterocycles. The fraction of sp³-hybridized carbons (Fsp3) is 0.788. The molecule has 0 N–H and O–H groups in total. The van der Waals surface area contributed by atoms with Gasteiger partial charge in [0, 0.05) is 0 Å². The van der Waals surface area contributed by atoms with Crippen LogP contribution in [0, 0.1) is 6.92 Å². The molecule has 34 heavy (non-hydrogen) atoms. The van der Waals surface area contributed by atoms with Crippen molar-refractivity contribution in [1.82, 2.24) is 0 Å². The average molecular weight is 486 g/mol. The molecule has 0 aliphatic carbocycles. The Hall–Kier alpha value is -0.563. The molecule has 0 aliphatic rings. The van der Waals surface area contributed by atoms with E-state index in [0.717, 1.165) is 6.42 Å². The lowest BCUT2D eigenvalue weighted by Gasteiger charge is -2.22. The third-order valence-electron chi connectivity index (χ3n) is 7.86. The van der Waals surface area contributed by atoms with Crippen LogP contribution in [-0.2, 0) is 0 Å². The number of hydrogen-bond donors (Lipinski definition) is 0. The fourth-order valence-electron chi connectivity index (χ4n) is 5.31. The third-order valence-corrected chi connectivity index (χ3v) is 11.4. The molecule has 1 aromatic rings. The first kappa shape index (κ1) is 31.5. The summed E-state index contributed by atoms with van der Waals surface area (Å²) in [5.74, 6) is 0. The maximum Gasteiger partial charge on any atom is 0.0806 e. The Bertz CT molecular complexity index is 521. The molecule has 1 aromatic carbocycles. The second kappa shape index (κ2) is 22.9. The Morgan fingerprint density at radius 3 is 1.06 bits per heavy atom. The standard InChI is InChI=1S/C33H61Si/c1-4-5-6-7-8-9-10-11-12-13-14-15-16-17-18-19-20-21-22-23-24-25-29-32-34(2,3)33-30-27-26-28-31-33/h26-28,30-31H,1,4-25,29,32H2,2-3H3. The molecule has 0 saturated carbocycles. The van der Waals surface area contributed by atoms with E-state index >= 15 is 0 Å². The van der Waals surface area contributed by atoms with Crippen LogP contribution in [0.15, 0.2) is 30.3 Å². The molecular formula is C33H61Si. The molecule has 0 amide bonds. The van der Waals surface area contributed by atoms with Gasteiger partial charge in [-0.05, 0) is 0 Å². The van der Waals surface area contributed by atoms with Gasteiger partial charge in [0.15, 0.2) is 0 Å². The molecule has 0 unspecified atom stereocenters. The van der Waals surface area contributed by atoms with Crippen molar-refractivity contribution in [2.45, 2.75) is 167 Å². The van der Waals surface area contributed by atoms with Crippen LogP contribution in [0.3, 0.4) is 0 Å². The lowest BCUT2D eigenvalue weighted by molar-refractivity contribution is 0.519. The predicted molar refractivity (Wildman–Crippen MR) is 160 cm³/mol. The predicted octanol–water partition coefficient (Wildman–Crippen LogP) is 11.4. The van der Waals surface area contributed by atoms with Crippen molar-refractivity contribution >= 4 is 13.3 Å². The first-order valence-corrected chi connectivity index (χ1v) is 18.7. The van der Waals surface area contributed by atoms with E-state index < -0.39 is 8.07 Å². The van der Waals surface area contributed by atoms with Crippen molar-refractivity contribution in [1.29, 1.82) is 0 Å². The molecule has 0 bridgehead atoms. The highest BCUT2D eigenvalue weighted by atomic mass is 28.3. The van der Waals surface area contributed by atoms with E-state index in [-0.39, 0.29) is 0 Å². The number of rotatable bonds is 25. The summed E-state index contributed by atoms with van der Waals surface area (Å²) in [5.41, 5.74) is 0. The first-order valence-electron chi connectivity index (χ1n) is 15.5. The molecule has 197 valence electrons. The molecule has 1 heteroatoms. The highest BCUT2D eigenvalue weighted by Crippen LogP contribution is 2.18. The lowest BCUT2D eigenvalue weighted by Crippen LogP contribution is -2.40. The van der Waals surface area contributed by atoms with Gasteiger partial charge in [0.1, 0.15) is 0 Å². The van der Waals surface area contributed by atoms with Gasteiger partial charge in [-0.25, -0.2) is 0 Å². The van der Waals surface area contributed by atoms with E-state index in [9.17, 15) is 0 Å². The molecule has 0 saturated heterocycles. The smallest absolute Gasteiger partial charge is 0.0654 e. The summed E-state index contributed by atoms with van der Waals surface area (Å²) in [5, 5.41) is 1.63. The summed E-state index contributed by atoms with van der Waals surface area (Å²) in [6, 6.07) is 12.7. The monoisotopic (exact) mass is 485 g/mol. The zero-order valence-corrected chi connectivity index (χ0v) is 24.6. The van der Waals surface area contributed by atoms with Crippen molar-refractivity contribution in [2.24, 2.45) is 0 Å². The van der Waals surface area contributed by atoms with Gasteiger partial charge in [-0.15, -0.1) is 0 Å².